The summed E-state index contributed by atoms with van der Waals surface area (Å²) in [4.78, 5) is 9.20. The molecule has 3 N–H and O–H groups in total. The van der Waals surface area contributed by atoms with Crippen LogP contribution >= 0.6 is 0 Å². The molecule has 0 aliphatic carbocycles. The van der Waals surface area contributed by atoms with Crippen molar-refractivity contribution in [3.05, 3.63) is 29.3 Å². The highest BCUT2D eigenvalue weighted by atomic mass is 15.3. The van der Waals surface area contributed by atoms with Gasteiger partial charge < -0.3 is 20.1 Å². The Morgan fingerprint density at radius 3 is 2.62 bits per heavy atom. The van der Waals surface area contributed by atoms with E-state index in [-0.39, 0.29) is 0 Å². The van der Waals surface area contributed by atoms with E-state index in [1.54, 1.807) is 0 Å². The predicted molar refractivity (Wildman–Crippen MR) is 84.2 cm³/mol. The lowest BCUT2D eigenvalue weighted by atomic mass is 10.2. The first kappa shape index (κ1) is 14.0. The summed E-state index contributed by atoms with van der Waals surface area (Å²) in [6, 6.07) is 6.10. The fraction of sp³-hybridized carbons (Fsp3) is 0.467. The zero-order valence-electron chi connectivity index (χ0n) is 12.6. The zero-order valence-corrected chi connectivity index (χ0v) is 12.6. The molecular formula is C15H22N6. The average Bonchev–Trinajstić information content (AvgIpc) is 2.48. The largest absolute Gasteiger partial charge is 0.351 e. The lowest BCUT2D eigenvalue weighted by Crippen LogP contribution is -2.47. The van der Waals surface area contributed by atoms with Crippen molar-refractivity contribution in [2.75, 3.05) is 38.1 Å². The van der Waals surface area contributed by atoms with E-state index in [2.05, 4.69) is 16.8 Å². The van der Waals surface area contributed by atoms with Crippen molar-refractivity contribution in [2.45, 2.75) is 13.6 Å². The molecule has 0 spiro atoms. The summed E-state index contributed by atoms with van der Waals surface area (Å²) in [5.41, 5.74) is 9.26. The molecule has 1 aliphatic rings. The van der Waals surface area contributed by atoms with Crippen molar-refractivity contribution in [1.82, 2.24) is 14.5 Å². The number of nitrogens with zero attached hydrogens (tertiary/aromatic N) is 4. The van der Waals surface area contributed by atoms with Crippen molar-refractivity contribution in [1.29, 1.82) is 5.41 Å². The van der Waals surface area contributed by atoms with Crippen molar-refractivity contribution in [3.63, 3.8) is 0 Å². The Hall–Kier alpha value is -1.92. The summed E-state index contributed by atoms with van der Waals surface area (Å²) in [5.74, 6) is 0.741. The molecule has 0 amide bonds. The Labute approximate surface area is 124 Å². The minimum absolute atomic E-state index is 0.294. The fourth-order valence-electron chi connectivity index (χ4n) is 2.78. The molecule has 21 heavy (non-hydrogen) atoms. The Morgan fingerprint density at radius 1 is 1.24 bits per heavy atom. The van der Waals surface area contributed by atoms with Gasteiger partial charge in [-0.15, -0.1) is 0 Å². The topological polar surface area (TPSA) is 74.2 Å². The van der Waals surface area contributed by atoms with E-state index < -0.39 is 0 Å². The minimum Gasteiger partial charge on any atom is -0.351 e. The van der Waals surface area contributed by atoms with E-state index in [1.165, 1.54) is 0 Å². The first-order chi connectivity index (χ1) is 10.1. The summed E-state index contributed by atoms with van der Waals surface area (Å²) < 4.78 is 1.84. The SMILES string of the molecule is Cc1ccc2nc(N3CCN(C)CC3)c(=N)n(CN)c2c1. The number of aromatic nitrogens is 2. The average molecular weight is 286 g/mol. The molecule has 6 heteroatoms. The van der Waals surface area contributed by atoms with Crippen LogP contribution in [0.3, 0.4) is 0 Å². The van der Waals surface area contributed by atoms with Gasteiger partial charge in [0.05, 0.1) is 17.7 Å². The van der Waals surface area contributed by atoms with Crippen LogP contribution in [0.2, 0.25) is 0 Å². The van der Waals surface area contributed by atoms with Crippen LogP contribution in [0.4, 0.5) is 5.82 Å². The number of rotatable bonds is 2. The first-order valence-electron chi connectivity index (χ1n) is 7.29. The number of fused-ring (bicyclic) bond motifs is 1. The van der Waals surface area contributed by atoms with E-state index >= 15 is 0 Å². The number of piperazine rings is 1. The van der Waals surface area contributed by atoms with Crippen LogP contribution in [0.5, 0.6) is 0 Å². The molecule has 0 atom stereocenters. The molecule has 1 saturated heterocycles. The molecule has 2 aromatic rings. The number of nitrogens with two attached hydrogens (primary N) is 1. The quantitative estimate of drug-likeness (QED) is 0.843. The van der Waals surface area contributed by atoms with Gasteiger partial charge in [0.15, 0.2) is 11.3 Å². The third-order valence-corrected chi connectivity index (χ3v) is 4.12. The second kappa shape index (κ2) is 5.46. The molecule has 1 aliphatic heterocycles. The zero-order chi connectivity index (χ0) is 15.0. The summed E-state index contributed by atoms with van der Waals surface area (Å²) >= 11 is 0. The van der Waals surface area contributed by atoms with Crippen molar-refractivity contribution < 1.29 is 0 Å². The minimum atomic E-state index is 0.294. The molecule has 0 saturated carbocycles. The van der Waals surface area contributed by atoms with Crippen molar-refractivity contribution in [3.8, 4) is 0 Å². The lowest BCUT2D eigenvalue weighted by molar-refractivity contribution is 0.311. The van der Waals surface area contributed by atoms with E-state index in [1.807, 2.05) is 29.7 Å². The van der Waals surface area contributed by atoms with Crippen LogP contribution in [0.1, 0.15) is 5.56 Å². The Kier molecular flexibility index (Phi) is 3.65. The van der Waals surface area contributed by atoms with Crippen molar-refractivity contribution in [2.24, 2.45) is 5.73 Å². The number of hydrogen-bond acceptors (Lipinski definition) is 5. The van der Waals surface area contributed by atoms with Crippen LogP contribution in [0, 0.1) is 12.3 Å². The monoisotopic (exact) mass is 286 g/mol. The molecule has 3 rings (SSSR count). The molecule has 2 heterocycles. The van der Waals surface area contributed by atoms with Gasteiger partial charge in [0.25, 0.3) is 0 Å². The maximum absolute atomic E-state index is 8.45. The normalized spacial score (nSPS) is 16.6. The van der Waals surface area contributed by atoms with Gasteiger partial charge in [-0.1, -0.05) is 6.07 Å². The predicted octanol–water partition coefficient (Wildman–Crippen LogP) is 0.492. The summed E-state index contributed by atoms with van der Waals surface area (Å²) in [5, 5.41) is 8.45. The Balaban J connectivity index is 2.13. The summed E-state index contributed by atoms with van der Waals surface area (Å²) in [7, 11) is 2.12. The van der Waals surface area contributed by atoms with Crippen molar-refractivity contribution >= 4 is 16.9 Å². The molecular weight excluding hydrogens is 264 g/mol. The molecule has 0 radical (unpaired) electrons. The highest BCUT2D eigenvalue weighted by Gasteiger charge is 2.18. The number of hydrogen-bond donors (Lipinski definition) is 2. The number of anilines is 1. The van der Waals surface area contributed by atoms with Gasteiger partial charge >= 0.3 is 0 Å². The fourth-order valence-corrected chi connectivity index (χ4v) is 2.78. The Bertz CT molecular complexity index is 712. The van der Waals surface area contributed by atoms with E-state index in [0.717, 1.165) is 48.6 Å². The molecule has 1 aromatic heterocycles. The lowest BCUT2D eigenvalue weighted by Gasteiger charge is -2.33. The first-order valence-corrected chi connectivity index (χ1v) is 7.29. The summed E-state index contributed by atoms with van der Waals surface area (Å²) in [6.07, 6.45) is 0. The van der Waals surface area contributed by atoms with Gasteiger partial charge in [0, 0.05) is 26.2 Å². The molecule has 6 nitrogen and oxygen atoms in total. The molecule has 0 unspecified atom stereocenters. The second-order valence-corrected chi connectivity index (χ2v) is 5.68. The number of aryl methyl sites for hydroxylation is 1. The van der Waals surface area contributed by atoms with E-state index in [9.17, 15) is 0 Å². The van der Waals surface area contributed by atoms with E-state index in [4.69, 9.17) is 16.1 Å². The number of likely N-dealkylation sites (N-methyl/N-ethyl adjacent to an activating group) is 1. The Morgan fingerprint density at radius 2 is 1.95 bits per heavy atom. The van der Waals surface area contributed by atoms with E-state index in [0.29, 0.717) is 12.2 Å². The van der Waals surface area contributed by atoms with Gasteiger partial charge in [0.1, 0.15) is 0 Å². The number of benzene rings is 1. The molecule has 0 bridgehead atoms. The molecule has 112 valence electrons. The highest BCUT2D eigenvalue weighted by molar-refractivity contribution is 5.77. The maximum Gasteiger partial charge on any atom is 0.172 e. The van der Waals surface area contributed by atoms with Gasteiger partial charge in [-0.25, -0.2) is 4.98 Å². The third-order valence-electron chi connectivity index (χ3n) is 4.12. The van der Waals surface area contributed by atoms with Gasteiger partial charge in [0.2, 0.25) is 0 Å². The summed E-state index contributed by atoms with van der Waals surface area (Å²) in [6.45, 7) is 6.13. The van der Waals surface area contributed by atoms with Gasteiger partial charge in [-0.05, 0) is 31.7 Å². The highest BCUT2D eigenvalue weighted by Crippen LogP contribution is 2.16. The molecule has 1 aromatic carbocycles. The standard InChI is InChI=1S/C15H22N6/c1-11-3-4-12-13(9-11)21(10-16)14(17)15(18-12)20-7-5-19(2)6-8-20/h3-4,9,17H,5-8,10,16H2,1-2H3. The third kappa shape index (κ3) is 2.52. The number of nitrogens with one attached hydrogen (secondary N) is 1. The van der Waals surface area contributed by atoms with Crippen LogP contribution in [-0.2, 0) is 6.67 Å². The van der Waals surface area contributed by atoms with Gasteiger partial charge in [-0.2, -0.15) is 0 Å². The smallest absolute Gasteiger partial charge is 0.172 e. The van der Waals surface area contributed by atoms with Gasteiger partial charge in [-0.3, -0.25) is 5.41 Å². The van der Waals surface area contributed by atoms with Crippen LogP contribution in [-0.4, -0.2) is 47.7 Å². The molecule has 1 fully saturated rings. The second-order valence-electron chi connectivity index (χ2n) is 5.68. The van der Waals surface area contributed by atoms with Crippen LogP contribution in [0.25, 0.3) is 11.0 Å². The van der Waals surface area contributed by atoms with Crippen LogP contribution in [0.15, 0.2) is 18.2 Å². The van der Waals surface area contributed by atoms with Crippen LogP contribution < -0.4 is 16.1 Å². The maximum atomic E-state index is 8.45.